The first kappa shape index (κ1) is 13.0. The van der Waals surface area contributed by atoms with Crippen LogP contribution in [0.2, 0.25) is 0 Å². The summed E-state index contributed by atoms with van der Waals surface area (Å²) in [6.45, 7) is 6.28. The van der Waals surface area contributed by atoms with E-state index in [9.17, 15) is 4.79 Å². The van der Waals surface area contributed by atoms with Crippen molar-refractivity contribution in [3.63, 3.8) is 0 Å². The zero-order chi connectivity index (χ0) is 12.8. The highest BCUT2D eigenvalue weighted by atomic mass is 16.2. The van der Waals surface area contributed by atoms with Crippen molar-refractivity contribution in [2.45, 2.75) is 20.8 Å². The molecule has 1 aromatic carbocycles. The Kier molecular flexibility index (Phi) is 4.51. The van der Waals surface area contributed by atoms with Gasteiger partial charge in [0.2, 0.25) is 5.96 Å². The number of nitrogens with zero attached hydrogens (tertiary/aromatic N) is 1. The van der Waals surface area contributed by atoms with Crippen molar-refractivity contribution in [2.75, 3.05) is 6.54 Å². The fraction of sp³-hybridized carbons (Fsp3) is 0.333. The Morgan fingerprint density at radius 3 is 2.47 bits per heavy atom. The molecular formula is C12H18N4O. The van der Waals surface area contributed by atoms with Gasteiger partial charge in [-0.2, -0.15) is 0 Å². The molecule has 5 heteroatoms. The van der Waals surface area contributed by atoms with Crippen molar-refractivity contribution in [1.82, 2.24) is 10.6 Å². The topological polar surface area (TPSA) is 79.5 Å². The molecule has 0 saturated heterocycles. The van der Waals surface area contributed by atoms with Gasteiger partial charge in [0, 0.05) is 6.54 Å². The highest BCUT2D eigenvalue weighted by molar-refractivity contribution is 5.96. The largest absolute Gasteiger partial charge is 0.369 e. The molecule has 1 rings (SSSR count). The van der Waals surface area contributed by atoms with E-state index in [2.05, 4.69) is 15.6 Å². The lowest BCUT2D eigenvalue weighted by molar-refractivity contribution is 0.245. The Bertz CT molecular complexity index is 420. The summed E-state index contributed by atoms with van der Waals surface area (Å²) in [6, 6.07) is 5.51. The molecule has 0 heterocycles. The van der Waals surface area contributed by atoms with E-state index in [0.717, 1.165) is 16.8 Å². The van der Waals surface area contributed by atoms with E-state index in [1.54, 1.807) is 0 Å². The molecular weight excluding hydrogens is 216 g/mol. The van der Waals surface area contributed by atoms with E-state index in [1.165, 1.54) is 0 Å². The zero-order valence-corrected chi connectivity index (χ0v) is 10.4. The van der Waals surface area contributed by atoms with Crippen LogP contribution in [-0.2, 0) is 0 Å². The average molecular weight is 234 g/mol. The third-order valence-electron chi connectivity index (χ3n) is 2.25. The van der Waals surface area contributed by atoms with Crippen molar-refractivity contribution in [3.05, 3.63) is 29.3 Å². The monoisotopic (exact) mass is 234 g/mol. The minimum atomic E-state index is -0.347. The van der Waals surface area contributed by atoms with Gasteiger partial charge in [-0.1, -0.05) is 18.2 Å². The van der Waals surface area contributed by atoms with Crippen LogP contribution in [0.15, 0.2) is 23.2 Å². The quantitative estimate of drug-likeness (QED) is 0.536. The van der Waals surface area contributed by atoms with Crippen molar-refractivity contribution < 1.29 is 4.79 Å². The van der Waals surface area contributed by atoms with E-state index in [0.29, 0.717) is 6.54 Å². The molecule has 4 N–H and O–H groups in total. The molecule has 0 bridgehead atoms. The number of amides is 2. The minimum Gasteiger partial charge on any atom is -0.369 e. The fourth-order valence-electron chi connectivity index (χ4n) is 1.45. The summed E-state index contributed by atoms with van der Waals surface area (Å²) in [7, 11) is 0. The number of nitrogens with one attached hydrogen (secondary N) is 2. The summed E-state index contributed by atoms with van der Waals surface area (Å²) < 4.78 is 0. The molecule has 0 aliphatic carbocycles. The molecule has 92 valence electrons. The number of carbonyl (C=O) groups is 1. The number of carbonyl (C=O) groups excluding carboxylic acids is 1. The van der Waals surface area contributed by atoms with Crippen LogP contribution in [0, 0.1) is 13.8 Å². The van der Waals surface area contributed by atoms with Gasteiger partial charge in [0.15, 0.2) is 0 Å². The van der Waals surface area contributed by atoms with Crippen LogP contribution in [0.25, 0.3) is 0 Å². The lowest BCUT2D eigenvalue weighted by atomic mass is 10.1. The molecule has 0 radical (unpaired) electrons. The molecule has 0 aliphatic rings. The second kappa shape index (κ2) is 5.89. The smallest absolute Gasteiger partial charge is 0.321 e. The SMILES string of the molecule is CCNC(=O)NC(N)=Nc1c(C)cccc1C. The molecule has 1 aromatic rings. The summed E-state index contributed by atoms with van der Waals surface area (Å²) in [6.07, 6.45) is 0. The summed E-state index contributed by atoms with van der Waals surface area (Å²) in [5.74, 6) is 0.0911. The number of urea groups is 1. The van der Waals surface area contributed by atoms with Crippen LogP contribution in [0.5, 0.6) is 0 Å². The van der Waals surface area contributed by atoms with Gasteiger partial charge in [-0.15, -0.1) is 0 Å². The molecule has 17 heavy (non-hydrogen) atoms. The summed E-state index contributed by atoms with van der Waals surface area (Å²) in [5, 5.41) is 5.04. The van der Waals surface area contributed by atoms with Crippen molar-refractivity contribution >= 4 is 17.7 Å². The Hall–Kier alpha value is -2.04. The van der Waals surface area contributed by atoms with Gasteiger partial charge in [0.25, 0.3) is 0 Å². The molecule has 0 aliphatic heterocycles. The highest BCUT2D eigenvalue weighted by Gasteiger charge is 2.03. The molecule has 0 fully saturated rings. The molecule has 0 aromatic heterocycles. The van der Waals surface area contributed by atoms with Crippen LogP contribution < -0.4 is 16.4 Å². The minimum absolute atomic E-state index is 0.0911. The normalized spacial score (nSPS) is 11.1. The standard InChI is InChI=1S/C12H18N4O/c1-4-14-12(17)16-11(13)15-10-8(2)6-5-7-9(10)3/h5-7H,4H2,1-3H3,(H4,13,14,15,16,17). The second-order valence-corrected chi connectivity index (χ2v) is 3.72. The first-order valence-electron chi connectivity index (χ1n) is 5.49. The van der Waals surface area contributed by atoms with Gasteiger partial charge >= 0.3 is 6.03 Å². The maximum absolute atomic E-state index is 11.2. The molecule has 5 nitrogen and oxygen atoms in total. The molecule has 0 unspecified atom stereocenters. The molecule has 0 atom stereocenters. The van der Waals surface area contributed by atoms with Gasteiger partial charge in [-0.05, 0) is 31.9 Å². The fourth-order valence-corrected chi connectivity index (χ4v) is 1.45. The van der Waals surface area contributed by atoms with Crippen LogP contribution in [-0.4, -0.2) is 18.5 Å². The van der Waals surface area contributed by atoms with Gasteiger partial charge in [0.05, 0.1) is 5.69 Å². The highest BCUT2D eigenvalue weighted by Crippen LogP contribution is 2.22. The van der Waals surface area contributed by atoms with Crippen LogP contribution >= 0.6 is 0 Å². The van der Waals surface area contributed by atoms with E-state index in [4.69, 9.17) is 5.73 Å². The van der Waals surface area contributed by atoms with E-state index in [1.807, 2.05) is 39.0 Å². The van der Waals surface area contributed by atoms with Gasteiger partial charge < -0.3 is 11.1 Å². The second-order valence-electron chi connectivity index (χ2n) is 3.72. The zero-order valence-electron chi connectivity index (χ0n) is 10.4. The number of para-hydroxylation sites is 1. The van der Waals surface area contributed by atoms with E-state index < -0.39 is 0 Å². The Morgan fingerprint density at radius 1 is 1.35 bits per heavy atom. The van der Waals surface area contributed by atoms with Crippen LogP contribution in [0.4, 0.5) is 10.5 Å². The molecule has 2 amide bonds. The number of hydrogen-bond donors (Lipinski definition) is 3. The number of hydrogen-bond acceptors (Lipinski definition) is 2. The lowest BCUT2D eigenvalue weighted by Crippen LogP contribution is -2.43. The van der Waals surface area contributed by atoms with Gasteiger partial charge in [-0.3, -0.25) is 5.32 Å². The number of aliphatic imine (C=N–C) groups is 1. The number of aryl methyl sites for hydroxylation is 2. The number of nitrogens with two attached hydrogens (primary N) is 1. The summed E-state index contributed by atoms with van der Waals surface area (Å²) >= 11 is 0. The number of rotatable bonds is 2. The number of benzene rings is 1. The first-order valence-corrected chi connectivity index (χ1v) is 5.49. The van der Waals surface area contributed by atoms with Crippen LogP contribution in [0.3, 0.4) is 0 Å². The average Bonchev–Trinajstić information content (AvgIpc) is 2.24. The van der Waals surface area contributed by atoms with Gasteiger partial charge in [0.1, 0.15) is 0 Å². The first-order chi connectivity index (χ1) is 8.04. The summed E-state index contributed by atoms with van der Waals surface area (Å²) in [4.78, 5) is 15.4. The maximum Gasteiger partial charge on any atom is 0.321 e. The predicted octanol–water partition coefficient (Wildman–Crippen LogP) is 1.57. The molecule has 0 spiro atoms. The maximum atomic E-state index is 11.2. The van der Waals surface area contributed by atoms with Gasteiger partial charge in [-0.25, -0.2) is 9.79 Å². The van der Waals surface area contributed by atoms with Crippen molar-refractivity contribution in [1.29, 1.82) is 0 Å². The Labute approximate surface area is 101 Å². The summed E-state index contributed by atoms with van der Waals surface area (Å²) in [5.41, 5.74) is 8.48. The Morgan fingerprint density at radius 2 is 1.94 bits per heavy atom. The van der Waals surface area contributed by atoms with Crippen molar-refractivity contribution in [2.24, 2.45) is 10.7 Å². The Balaban J connectivity index is 2.84. The van der Waals surface area contributed by atoms with Crippen molar-refractivity contribution in [3.8, 4) is 0 Å². The lowest BCUT2D eigenvalue weighted by Gasteiger charge is -2.07. The number of guanidine groups is 1. The third kappa shape index (κ3) is 3.79. The van der Waals surface area contributed by atoms with E-state index >= 15 is 0 Å². The third-order valence-corrected chi connectivity index (χ3v) is 2.25. The molecule has 0 saturated carbocycles. The van der Waals surface area contributed by atoms with E-state index in [-0.39, 0.29) is 12.0 Å². The van der Waals surface area contributed by atoms with Crippen LogP contribution in [0.1, 0.15) is 18.1 Å². The predicted molar refractivity (Wildman–Crippen MR) is 69.4 cm³/mol.